The van der Waals surface area contributed by atoms with Crippen molar-refractivity contribution in [1.82, 2.24) is 9.88 Å². The van der Waals surface area contributed by atoms with Gasteiger partial charge in [0.05, 0.1) is 12.1 Å². The average Bonchev–Trinajstić information content (AvgIpc) is 3.23. The Morgan fingerprint density at radius 1 is 1.23 bits per heavy atom. The highest BCUT2D eigenvalue weighted by atomic mass is 35.5. The zero-order valence-electron chi connectivity index (χ0n) is 16.4. The fourth-order valence-electron chi connectivity index (χ4n) is 3.59. The van der Waals surface area contributed by atoms with E-state index in [1.165, 1.54) is 24.3 Å². The molecule has 1 amide bonds. The highest BCUT2D eigenvalue weighted by molar-refractivity contribution is 6.31. The molecule has 0 N–H and O–H groups in total. The van der Waals surface area contributed by atoms with Crippen molar-refractivity contribution in [2.24, 2.45) is 0 Å². The second kappa shape index (κ2) is 9.30. The molecule has 1 atom stereocenters. The number of ether oxygens (including phenoxy) is 1. The SMILES string of the molecule is O=C(COc1ccc(F)cc1)N1CCC[C@@H](c2ncc(Cc3ccccc3Cl)o2)C1. The van der Waals surface area contributed by atoms with Crippen LogP contribution >= 0.6 is 11.6 Å². The second-order valence-corrected chi connectivity index (χ2v) is 7.76. The van der Waals surface area contributed by atoms with Crippen LogP contribution in [-0.2, 0) is 11.2 Å². The molecule has 0 radical (unpaired) electrons. The number of amides is 1. The van der Waals surface area contributed by atoms with Gasteiger partial charge in [0.25, 0.3) is 5.91 Å². The smallest absolute Gasteiger partial charge is 0.260 e. The Balaban J connectivity index is 1.34. The van der Waals surface area contributed by atoms with Crippen LogP contribution in [-0.4, -0.2) is 35.5 Å². The van der Waals surface area contributed by atoms with Gasteiger partial charge in [0.15, 0.2) is 12.5 Å². The van der Waals surface area contributed by atoms with Gasteiger partial charge in [-0.3, -0.25) is 4.79 Å². The summed E-state index contributed by atoms with van der Waals surface area (Å²) in [6, 6.07) is 13.3. The molecule has 2 aromatic carbocycles. The van der Waals surface area contributed by atoms with Crippen molar-refractivity contribution in [3.05, 3.63) is 82.8 Å². The standard InChI is InChI=1S/C23H22ClFN2O3/c24-21-6-2-1-4-16(21)12-20-13-26-23(30-20)17-5-3-11-27(14-17)22(28)15-29-19-9-7-18(25)8-10-19/h1-2,4,6-10,13,17H,3,5,11-12,14-15H2/t17-/m1/s1. The van der Waals surface area contributed by atoms with Gasteiger partial charge in [-0.25, -0.2) is 9.37 Å². The molecule has 0 spiro atoms. The average molecular weight is 429 g/mol. The van der Waals surface area contributed by atoms with Gasteiger partial charge in [0, 0.05) is 24.5 Å². The molecule has 3 aromatic rings. The van der Waals surface area contributed by atoms with Crippen LogP contribution in [0.1, 0.15) is 36.0 Å². The summed E-state index contributed by atoms with van der Waals surface area (Å²) >= 11 is 6.23. The Hall–Kier alpha value is -2.86. The van der Waals surface area contributed by atoms with Crippen LogP contribution in [0.15, 0.2) is 59.1 Å². The molecular weight excluding hydrogens is 407 g/mol. The molecule has 1 saturated heterocycles. The number of hydrogen-bond donors (Lipinski definition) is 0. The van der Waals surface area contributed by atoms with Crippen LogP contribution in [0.2, 0.25) is 5.02 Å². The summed E-state index contributed by atoms with van der Waals surface area (Å²) < 4.78 is 24.4. The summed E-state index contributed by atoms with van der Waals surface area (Å²) in [5, 5.41) is 0.700. The Morgan fingerprint density at radius 3 is 2.83 bits per heavy atom. The van der Waals surface area contributed by atoms with Gasteiger partial charge >= 0.3 is 0 Å². The summed E-state index contributed by atoms with van der Waals surface area (Å²) in [6.45, 7) is 1.13. The van der Waals surface area contributed by atoms with Gasteiger partial charge in [-0.2, -0.15) is 0 Å². The van der Waals surface area contributed by atoms with E-state index in [9.17, 15) is 9.18 Å². The molecule has 0 saturated carbocycles. The molecule has 0 bridgehead atoms. The number of oxazole rings is 1. The predicted molar refractivity (Wildman–Crippen MR) is 111 cm³/mol. The first kappa shape index (κ1) is 20.4. The molecule has 1 aliphatic rings. The lowest BCUT2D eigenvalue weighted by atomic mass is 9.98. The van der Waals surface area contributed by atoms with Gasteiger partial charge in [-0.05, 0) is 48.7 Å². The molecule has 156 valence electrons. The van der Waals surface area contributed by atoms with E-state index < -0.39 is 0 Å². The van der Waals surface area contributed by atoms with Crippen molar-refractivity contribution in [3.63, 3.8) is 0 Å². The lowest BCUT2D eigenvalue weighted by Gasteiger charge is -2.31. The van der Waals surface area contributed by atoms with Gasteiger partial charge < -0.3 is 14.1 Å². The van der Waals surface area contributed by atoms with Crippen molar-refractivity contribution < 1.29 is 18.3 Å². The molecule has 1 aliphatic heterocycles. The van der Waals surface area contributed by atoms with Gasteiger partial charge in [-0.1, -0.05) is 29.8 Å². The highest BCUT2D eigenvalue weighted by Gasteiger charge is 2.28. The first-order valence-corrected chi connectivity index (χ1v) is 10.3. The van der Waals surface area contributed by atoms with E-state index in [4.69, 9.17) is 20.8 Å². The first-order chi connectivity index (χ1) is 14.6. The first-order valence-electron chi connectivity index (χ1n) is 9.92. The van der Waals surface area contributed by atoms with E-state index in [2.05, 4.69) is 4.98 Å². The lowest BCUT2D eigenvalue weighted by Crippen LogP contribution is -2.41. The van der Waals surface area contributed by atoms with Crippen molar-refractivity contribution in [1.29, 1.82) is 0 Å². The van der Waals surface area contributed by atoms with Crippen LogP contribution in [0.4, 0.5) is 4.39 Å². The van der Waals surface area contributed by atoms with E-state index in [0.717, 1.165) is 24.2 Å². The minimum absolute atomic E-state index is 0.0496. The lowest BCUT2D eigenvalue weighted by molar-refractivity contribution is -0.134. The maximum Gasteiger partial charge on any atom is 0.260 e. The van der Waals surface area contributed by atoms with E-state index in [0.29, 0.717) is 36.2 Å². The molecule has 1 fully saturated rings. The molecule has 7 heteroatoms. The number of aromatic nitrogens is 1. The molecule has 2 heterocycles. The molecule has 0 unspecified atom stereocenters. The van der Waals surface area contributed by atoms with Crippen LogP contribution in [0.5, 0.6) is 5.75 Å². The minimum atomic E-state index is -0.340. The van der Waals surface area contributed by atoms with Crippen LogP contribution < -0.4 is 4.74 Å². The van der Waals surface area contributed by atoms with Gasteiger partial charge in [0.1, 0.15) is 17.3 Å². The highest BCUT2D eigenvalue weighted by Crippen LogP contribution is 2.28. The largest absolute Gasteiger partial charge is 0.484 e. The van der Waals surface area contributed by atoms with Crippen LogP contribution in [0, 0.1) is 5.82 Å². The molecular formula is C23H22ClFN2O3. The Bertz CT molecular complexity index is 1010. The fraction of sp³-hybridized carbons (Fsp3) is 0.304. The third-order valence-electron chi connectivity index (χ3n) is 5.19. The van der Waals surface area contributed by atoms with E-state index in [-0.39, 0.29) is 24.2 Å². The number of hydrogen-bond acceptors (Lipinski definition) is 4. The Morgan fingerprint density at radius 2 is 2.03 bits per heavy atom. The maximum absolute atomic E-state index is 13.0. The minimum Gasteiger partial charge on any atom is -0.484 e. The maximum atomic E-state index is 13.0. The topological polar surface area (TPSA) is 55.6 Å². The van der Waals surface area contributed by atoms with Crippen molar-refractivity contribution in [2.75, 3.05) is 19.7 Å². The number of piperidine rings is 1. The number of halogens is 2. The quantitative estimate of drug-likeness (QED) is 0.563. The molecule has 5 nitrogen and oxygen atoms in total. The second-order valence-electron chi connectivity index (χ2n) is 7.35. The van der Waals surface area contributed by atoms with Gasteiger partial charge in [-0.15, -0.1) is 0 Å². The fourth-order valence-corrected chi connectivity index (χ4v) is 3.80. The number of nitrogens with zero attached hydrogens (tertiary/aromatic N) is 2. The number of benzene rings is 2. The summed E-state index contributed by atoms with van der Waals surface area (Å²) in [4.78, 5) is 18.8. The number of likely N-dealkylation sites (tertiary alicyclic amines) is 1. The summed E-state index contributed by atoms with van der Waals surface area (Å²) in [6.07, 6.45) is 4.09. The van der Waals surface area contributed by atoms with Gasteiger partial charge in [0.2, 0.25) is 0 Å². The third kappa shape index (κ3) is 5.00. The normalized spacial score (nSPS) is 16.5. The van der Waals surface area contributed by atoms with Crippen molar-refractivity contribution in [3.8, 4) is 5.75 Å². The van der Waals surface area contributed by atoms with Crippen molar-refractivity contribution >= 4 is 17.5 Å². The van der Waals surface area contributed by atoms with Crippen LogP contribution in [0.25, 0.3) is 0 Å². The van der Waals surface area contributed by atoms with E-state index >= 15 is 0 Å². The Kier molecular flexibility index (Phi) is 6.33. The van der Waals surface area contributed by atoms with Crippen molar-refractivity contribution in [2.45, 2.75) is 25.2 Å². The molecule has 0 aliphatic carbocycles. The third-order valence-corrected chi connectivity index (χ3v) is 5.56. The van der Waals surface area contributed by atoms with Crippen LogP contribution in [0.3, 0.4) is 0 Å². The zero-order valence-corrected chi connectivity index (χ0v) is 17.1. The van der Waals surface area contributed by atoms with E-state index in [1.54, 1.807) is 11.1 Å². The Labute approximate surface area is 179 Å². The number of rotatable bonds is 6. The summed E-state index contributed by atoms with van der Waals surface area (Å²) in [5.74, 6) is 1.47. The molecule has 4 rings (SSSR count). The summed E-state index contributed by atoms with van der Waals surface area (Å²) in [7, 11) is 0. The zero-order chi connectivity index (χ0) is 20.9. The predicted octanol–water partition coefficient (Wildman–Crippen LogP) is 4.84. The number of carbonyl (C=O) groups excluding carboxylic acids is 1. The molecule has 1 aromatic heterocycles. The van der Waals surface area contributed by atoms with E-state index in [1.807, 2.05) is 24.3 Å². The summed E-state index contributed by atoms with van der Waals surface area (Å²) in [5.41, 5.74) is 0.986. The molecule has 30 heavy (non-hydrogen) atoms. The number of carbonyl (C=O) groups is 1. The monoisotopic (exact) mass is 428 g/mol.